The minimum atomic E-state index is -0.999. The van der Waals surface area contributed by atoms with Gasteiger partial charge < -0.3 is 28.4 Å². The molecule has 2 aromatic rings. The number of fused-ring (bicyclic) bond motifs is 1. The van der Waals surface area contributed by atoms with Crippen LogP contribution in [0.3, 0.4) is 0 Å². The molecule has 0 radical (unpaired) electrons. The lowest BCUT2D eigenvalue weighted by atomic mass is 9.97. The molecule has 0 unspecified atom stereocenters. The van der Waals surface area contributed by atoms with Crippen LogP contribution < -0.4 is 0 Å². The Kier molecular flexibility index (Phi) is 7.04. The zero-order chi connectivity index (χ0) is 24.3. The average molecular weight is 471 g/mol. The average Bonchev–Trinajstić information content (AvgIpc) is 2.81. The molecule has 2 heterocycles. The van der Waals surface area contributed by atoms with Crippen LogP contribution in [0.1, 0.15) is 48.4 Å². The van der Waals surface area contributed by atoms with Crippen LogP contribution in [0.4, 0.5) is 0 Å². The molecular formula is C26H30O8. The van der Waals surface area contributed by atoms with E-state index < -0.39 is 47.9 Å². The Labute approximate surface area is 199 Å². The fourth-order valence-corrected chi connectivity index (χ4v) is 4.17. The van der Waals surface area contributed by atoms with E-state index in [0.717, 1.165) is 0 Å². The van der Waals surface area contributed by atoms with Crippen LogP contribution in [-0.2, 0) is 28.4 Å². The number of hydrogen-bond acceptors (Lipinski definition) is 8. The summed E-state index contributed by atoms with van der Waals surface area (Å²) in [5, 5.41) is 0. The van der Waals surface area contributed by atoms with Gasteiger partial charge in [-0.1, -0.05) is 36.4 Å². The number of ether oxygens (including phenoxy) is 6. The minimum Gasteiger partial charge on any atom is -0.459 e. The Morgan fingerprint density at radius 2 is 1.00 bits per heavy atom. The zero-order valence-electron chi connectivity index (χ0n) is 19.8. The zero-order valence-corrected chi connectivity index (χ0v) is 19.8. The van der Waals surface area contributed by atoms with E-state index in [4.69, 9.17) is 28.4 Å². The van der Waals surface area contributed by atoms with Gasteiger partial charge in [-0.25, -0.2) is 9.59 Å². The molecule has 2 aliphatic rings. The summed E-state index contributed by atoms with van der Waals surface area (Å²) in [7, 11) is 0. The van der Waals surface area contributed by atoms with Gasteiger partial charge in [0, 0.05) is 0 Å². The summed E-state index contributed by atoms with van der Waals surface area (Å²) in [6.07, 6.45) is -2.45. The number of esters is 2. The molecule has 182 valence electrons. The summed E-state index contributed by atoms with van der Waals surface area (Å²) in [6, 6.07) is 17.5. The highest BCUT2D eigenvalue weighted by molar-refractivity contribution is 5.89. The summed E-state index contributed by atoms with van der Waals surface area (Å²) in [5.74, 6) is -2.91. The molecule has 0 N–H and O–H groups in total. The number of rotatable bonds is 6. The Bertz CT molecular complexity index is 907. The normalized spacial score (nSPS) is 27.3. The van der Waals surface area contributed by atoms with Gasteiger partial charge >= 0.3 is 11.9 Å². The van der Waals surface area contributed by atoms with Crippen molar-refractivity contribution in [2.75, 3.05) is 13.2 Å². The molecule has 2 saturated heterocycles. The molecule has 0 saturated carbocycles. The third kappa shape index (κ3) is 5.82. The van der Waals surface area contributed by atoms with Crippen LogP contribution in [-0.4, -0.2) is 61.1 Å². The van der Waals surface area contributed by atoms with Crippen molar-refractivity contribution in [3.05, 3.63) is 71.8 Å². The monoisotopic (exact) mass is 470 g/mol. The quantitative estimate of drug-likeness (QED) is 0.590. The molecule has 0 spiro atoms. The topological polar surface area (TPSA) is 89.5 Å². The van der Waals surface area contributed by atoms with Crippen LogP contribution >= 0.6 is 0 Å². The second-order valence-electron chi connectivity index (χ2n) is 9.21. The van der Waals surface area contributed by atoms with Gasteiger partial charge in [0.15, 0.2) is 11.6 Å². The Morgan fingerprint density at radius 3 is 1.35 bits per heavy atom. The highest BCUT2D eigenvalue weighted by Crippen LogP contribution is 2.38. The summed E-state index contributed by atoms with van der Waals surface area (Å²) in [4.78, 5) is 25.0. The second kappa shape index (κ2) is 9.84. The van der Waals surface area contributed by atoms with Gasteiger partial charge in [-0.05, 0) is 52.0 Å². The molecule has 4 rings (SSSR count). The molecule has 0 amide bonds. The molecular weight excluding hydrogens is 440 g/mol. The van der Waals surface area contributed by atoms with Crippen molar-refractivity contribution < 1.29 is 38.0 Å². The van der Waals surface area contributed by atoms with E-state index in [0.29, 0.717) is 11.1 Å². The van der Waals surface area contributed by atoms with E-state index >= 15 is 0 Å². The second-order valence-corrected chi connectivity index (χ2v) is 9.21. The summed E-state index contributed by atoms with van der Waals surface area (Å²) < 4.78 is 35.5. The molecule has 0 aliphatic carbocycles. The SMILES string of the molecule is CC1(C)O[C@H]2[C@@H](OC(C)(C)O[C@H]2COC(=O)c2ccccc2)[C@H](COC(=O)c2ccccc2)O1. The predicted octanol–water partition coefficient (Wildman–Crippen LogP) is 3.74. The maximum atomic E-state index is 12.5. The highest BCUT2D eigenvalue weighted by atomic mass is 16.8. The molecule has 4 atom stereocenters. The van der Waals surface area contributed by atoms with E-state index in [-0.39, 0.29) is 13.2 Å². The van der Waals surface area contributed by atoms with Crippen molar-refractivity contribution in [1.29, 1.82) is 0 Å². The fraction of sp³-hybridized carbons (Fsp3) is 0.462. The smallest absolute Gasteiger partial charge is 0.338 e. The molecule has 0 bridgehead atoms. The first-order chi connectivity index (χ1) is 16.1. The molecule has 8 heteroatoms. The Morgan fingerprint density at radius 1 is 0.647 bits per heavy atom. The largest absolute Gasteiger partial charge is 0.459 e. The Hall–Kier alpha value is -2.78. The van der Waals surface area contributed by atoms with Crippen molar-refractivity contribution in [2.45, 2.75) is 63.7 Å². The number of hydrogen-bond donors (Lipinski definition) is 0. The fourth-order valence-electron chi connectivity index (χ4n) is 4.17. The highest BCUT2D eigenvalue weighted by Gasteiger charge is 2.54. The van der Waals surface area contributed by atoms with E-state index in [1.165, 1.54) is 0 Å². The van der Waals surface area contributed by atoms with Crippen molar-refractivity contribution in [2.24, 2.45) is 0 Å². The van der Waals surface area contributed by atoms with Crippen LogP contribution in [0, 0.1) is 0 Å². The molecule has 2 aliphatic heterocycles. The van der Waals surface area contributed by atoms with Crippen molar-refractivity contribution in [3.8, 4) is 0 Å². The third-order valence-electron chi connectivity index (χ3n) is 5.54. The van der Waals surface area contributed by atoms with Gasteiger partial charge in [0.25, 0.3) is 0 Å². The number of carbonyl (C=O) groups excluding carboxylic acids is 2. The number of carbonyl (C=O) groups is 2. The first-order valence-electron chi connectivity index (χ1n) is 11.3. The lowest BCUT2D eigenvalue weighted by molar-refractivity contribution is -0.426. The first-order valence-corrected chi connectivity index (χ1v) is 11.3. The van der Waals surface area contributed by atoms with Crippen LogP contribution in [0.2, 0.25) is 0 Å². The summed E-state index contributed by atoms with van der Waals surface area (Å²) in [5.41, 5.74) is 0.897. The lowest BCUT2D eigenvalue weighted by Gasteiger charge is -2.53. The van der Waals surface area contributed by atoms with Gasteiger partial charge in [0.05, 0.1) is 11.1 Å². The maximum Gasteiger partial charge on any atom is 0.338 e. The molecule has 2 fully saturated rings. The maximum absolute atomic E-state index is 12.5. The molecule has 34 heavy (non-hydrogen) atoms. The molecule has 8 nitrogen and oxygen atoms in total. The van der Waals surface area contributed by atoms with Gasteiger partial charge in [-0.15, -0.1) is 0 Å². The predicted molar refractivity (Wildman–Crippen MR) is 121 cm³/mol. The van der Waals surface area contributed by atoms with Crippen molar-refractivity contribution in [1.82, 2.24) is 0 Å². The van der Waals surface area contributed by atoms with E-state index in [1.54, 1.807) is 76.2 Å². The number of benzene rings is 2. The van der Waals surface area contributed by atoms with E-state index in [1.807, 2.05) is 12.1 Å². The molecule has 0 aromatic heterocycles. The van der Waals surface area contributed by atoms with Gasteiger partial charge in [0.2, 0.25) is 0 Å². The van der Waals surface area contributed by atoms with Gasteiger partial charge in [-0.2, -0.15) is 0 Å². The van der Waals surface area contributed by atoms with E-state index in [2.05, 4.69) is 0 Å². The third-order valence-corrected chi connectivity index (χ3v) is 5.54. The minimum absolute atomic E-state index is 0.0334. The lowest BCUT2D eigenvalue weighted by Crippen LogP contribution is -2.67. The van der Waals surface area contributed by atoms with Crippen molar-refractivity contribution >= 4 is 11.9 Å². The summed E-state index contributed by atoms with van der Waals surface area (Å²) >= 11 is 0. The van der Waals surface area contributed by atoms with Gasteiger partial charge in [-0.3, -0.25) is 0 Å². The summed E-state index contributed by atoms with van der Waals surface area (Å²) in [6.45, 7) is 7.00. The van der Waals surface area contributed by atoms with Crippen LogP contribution in [0.5, 0.6) is 0 Å². The molecule has 2 aromatic carbocycles. The Balaban J connectivity index is 1.47. The van der Waals surface area contributed by atoms with E-state index in [9.17, 15) is 9.59 Å². The standard InChI is InChI=1S/C26H30O8/c1-25(2)31-19(15-29-23(27)17-11-7-5-8-12-17)22-21(33-25)20(32-26(3,4)34-22)16-30-24(28)18-13-9-6-10-14-18/h5-14,19-22H,15-16H2,1-4H3/t19-,20-,21-,22+/m0/s1. The van der Waals surface area contributed by atoms with Crippen LogP contribution in [0.15, 0.2) is 60.7 Å². The van der Waals surface area contributed by atoms with Crippen LogP contribution in [0.25, 0.3) is 0 Å². The van der Waals surface area contributed by atoms with Crippen molar-refractivity contribution in [3.63, 3.8) is 0 Å². The van der Waals surface area contributed by atoms with Gasteiger partial charge in [0.1, 0.15) is 37.6 Å². The first kappa shape index (κ1) is 24.3.